The van der Waals surface area contributed by atoms with E-state index >= 15 is 0 Å². The number of carboxylic acid groups (broad SMARTS) is 1. The van der Waals surface area contributed by atoms with E-state index < -0.39 is 5.97 Å². The molecule has 90 valence electrons. The van der Waals surface area contributed by atoms with Crippen LogP contribution >= 0.6 is 15.9 Å². The van der Waals surface area contributed by atoms with Gasteiger partial charge >= 0.3 is 5.97 Å². The Bertz CT molecular complexity index is 745. The third-order valence-corrected chi connectivity index (χ3v) is 3.30. The number of hydrogen-bond acceptors (Lipinski definition) is 3. The Morgan fingerprint density at radius 1 is 1.39 bits per heavy atom. The second-order valence-corrected chi connectivity index (χ2v) is 4.63. The van der Waals surface area contributed by atoms with E-state index in [2.05, 4.69) is 26.1 Å². The smallest absolute Gasteiger partial charge is 0.358 e. The van der Waals surface area contributed by atoms with Crippen molar-refractivity contribution in [3.05, 3.63) is 40.6 Å². The lowest BCUT2D eigenvalue weighted by atomic mass is 10.1. The highest BCUT2D eigenvalue weighted by Gasteiger charge is 2.13. The highest BCUT2D eigenvalue weighted by Crippen LogP contribution is 2.28. The standard InChI is InChI=1S/C12H7BrN2O3/c13-8-5-14-9-3-6(1-2-7(8)9)11-4-10(12(16)17)15-18-11/h1-5,14H,(H,16,17). The van der Waals surface area contributed by atoms with Gasteiger partial charge in [0.15, 0.2) is 11.5 Å². The van der Waals surface area contributed by atoms with Crippen molar-refractivity contribution in [1.82, 2.24) is 10.1 Å². The maximum absolute atomic E-state index is 10.7. The van der Waals surface area contributed by atoms with E-state index in [0.717, 1.165) is 20.9 Å². The van der Waals surface area contributed by atoms with E-state index in [9.17, 15) is 4.79 Å². The molecule has 2 heterocycles. The maximum Gasteiger partial charge on any atom is 0.358 e. The molecule has 0 fully saturated rings. The Balaban J connectivity index is 2.10. The van der Waals surface area contributed by atoms with Crippen molar-refractivity contribution in [2.24, 2.45) is 0 Å². The van der Waals surface area contributed by atoms with Crippen molar-refractivity contribution in [3.63, 3.8) is 0 Å². The van der Waals surface area contributed by atoms with Gasteiger partial charge in [0.2, 0.25) is 0 Å². The number of rotatable bonds is 2. The lowest BCUT2D eigenvalue weighted by Gasteiger charge is -1.96. The van der Waals surface area contributed by atoms with Crippen molar-refractivity contribution < 1.29 is 14.4 Å². The molecule has 0 aliphatic heterocycles. The van der Waals surface area contributed by atoms with Crippen molar-refractivity contribution in [2.75, 3.05) is 0 Å². The molecule has 2 N–H and O–H groups in total. The van der Waals surface area contributed by atoms with Crippen molar-refractivity contribution in [3.8, 4) is 11.3 Å². The predicted octanol–water partition coefficient (Wildman–Crippen LogP) is 3.28. The molecule has 5 nitrogen and oxygen atoms in total. The number of H-pyrrole nitrogens is 1. The highest BCUT2D eigenvalue weighted by atomic mass is 79.9. The molecule has 0 aliphatic carbocycles. The van der Waals surface area contributed by atoms with Gasteiger partial charge in [0.25, 0.3) is 0 Å². The maximum atomic E-state index is 10.7. The van der Waals surface area contributed by atoms with Crippen molar-refractivity contribution in [2.45, 2.75) is 0 Å². The second-order valence-electron chi connectivity index (χ2n) is 3.78. The number of benzene rings is 1. The lowest BCUT2D eigenvalue weighted by Crippen LogP contribution is -1.94. The largest absolute Gasteiger partial charge is 0.476 e. The summed E-state index contributed by atoms with van der Waals surface area (Å²) < 4.78 is 5.99. The zero-order valence-electron chi connectivity index (χ0n) is 8.98. The summed E-state index contributed by atoms with van der Waals surface area (Å²) in [7, 11) is 0. The fourth-order valence-electron chi connectivity index (χ4n) is 1.76. The Hall–Kier alpha value is -2.08. The van der Waals surface area contributed by atoms with Crippen LogP contribution in [-0.4, -0.2) is 21.2 Å². The Morgan fingerprint density at radius 2 is 2.22 bits per heavy atom. The first kappa shape index (κ1) is 11.0. The van der Waals surface area contributed by atoms with Crippen LogP contribution in [0.3, 0.4) is 0 Å². The van der Waals surface area contributed by atoms with E-state index in [1.807, 2.05) is 24.4 Å². The number of hydrogen-bond donors (Lipinski definition) is 2. The average Bonchev–Trinajstić information content (AvgIpc) is 2.96. The van der Waals surface area contributed by atoms with Crippen LogP contribution in [0.25, 0.3) is 22.2 Å². The molecule has 0 radical (unpaired) electrons. The molecule has 2 aromatic heterocycles. The van der Waals surface area contributed by atoms with Crippen LogP contribution in [0.1, 0.15) is 10.5 Å². The van der Waals surface area contributed by atoms with Gasteiger partial charge in [-0.25, -0.2) is 4.79 Å². The quantitative estimate of drug-likeness (QED) is 0.761. The van der Waals surface area contributed by atoms with Crippen LogP contribution in [0.15, 0.2) is 39.5 Å². The number of carbonyl (C=O) groups is 1. The van der Waals surface area contributed by atoms with E-state index in [-0.39, 0.29) is 5.69 Å². The summed E-state index contributed by atoms with van der Waals surface area (Å²) in [6.45, 7) is 0. The summed E-state index contributed by atoms with van der Waals surface area (Å²) in [6.07, 6.45) is 1.84. The van der Waals surface area contributed by atoms with Gasteiger partial charge in [-0.2, -0.15) is 0 Å². The number of aromatic nitrogens is 2. The Kier molecular flexibility index (Phi) is 2.45. The Morgan fingerprint density at radius 3 is 2.94 bits per heavy atom. The number of nitrogens with zero attached hydrogens (tertiary/aromatic N) is 1. The fraction of sp³-hybridized carbons (Fsp3) is 0. The zero-order chi connectivity index (χ0) is 12.7. The summed E-state index contributed by atoms with van der Waals surface area (Å²) in [6, 6.07) is 7.06. The molecular weight excluding hydrogens is 300 g/mol. The minimum atomic E-state index is -1.10. The van der Waals surface area contributed by atoms with Crippen molar-refractivity contribution in [1.29, 1.82) is 0 Å². The van der Waals surface area contributed by atoms with E-state index in [4.69, 9.17) is 9.63 Å². The van der Waals surface area contributed by atoms with Gasteiger partial charge in [-0.3, -0.25) is 0 Å². The molecule has 0 saturated carbocycles. The summed E-state index contributed by atoms with van der Waals surface area (Å²) in [4.78, 5) is 13.8. The minimum absolute atomic E-state index is 0.0993. The molecule has 0 saturated heterocycles. The molecule has 0 bridgehead atoms. The number of nitrogens with one attached hydrogen (secondary N) is 1. The van der Waals surface area contributed by atoms with Crippen LogP contribution in [0, 0.1) is 0 Å². The number of halogens is 1. The van der Waals surface area contributed by atoms with Crippen LogP contribution in [0.4, 0.5) is 0 Å². The first-order valence-corrected chi connectivity index (χ1v) is 5.91. The molecule has 0 atom stereocenters. The molecule has 3 aromatic rings. The molecule has 3 rings (SSSR count). The van der Waals surface area contributed by atoms with Gasteiger partial charge in [-0.1, -0.05) is 17.3 Å². The van der Waals surface area contributed by atoms with Gasteiger partial charge in [0.1, 0.15) is 0 Å². The second kappa shape index (κ2) is 3.99. The molecule has 6 heteroatoms. The fourth-order valence-corrected chi connectivity index (χ4v) is 2.22. The van der Waals surface area contributed by atoms with Crippen LogP contribution in [0.5, 0.6) is 0 Å². The number of aromatic carboxylic acids is 1. The molecule has 0 aliphatic rings. The third kappa shape index (κ3) is 1.70. The van der Waals surface area contributed by atoms with E-state index in [1.165, 1.54) is 6.07 Å². The van der Waals surface area contributed by atoms with Gasteiger partial charge in [-0.15, -0.1) is 0 Å². The molecule has 0 spiro atoms. The first-order valence-electron chi connectivity index (χ1n) is 5.12. The average molecular weight is 307 g/mol. The van der Waals surface area contributed by atoms with Gasteiger partial charge in [0.05, 0.1) is 0 Å². The van der Waals surface area contributed by atoms with Gasteiger partial charge < -0.3 is 14.6 Å². The highest BCUT2D eigenvalue weighted by molar-refractivity contribution is 9.10. The normalized spacial score (nSPS) is 10.9. The van der Waals surface area contributed by atoms with Gasteiger partial charge in [0, 0.05) is 33.2 Å². The van der Waals surface area contributed by atoms with Gasteiger partial charge in [-0.05, 0) is 22.0 Å². The number of aromatic amines is 1. The summed E-state index contributed by atoms with van der Waals surface area (Å²) in [5.41, 5.74) is 1.61. The van der Waals surface area contributed by atoms with E-state index in [1.54, 1.807) is 0 Å². The Labute approximate surface area is 110 Å². The summed E-state index contributed by atoms with van der Waals surface area (Å²) in [5, 5.41) is 13.3. The lowest BCUT2D eigenvalue weighted by molar-refractivity contribution is 0.0686. The molecule has 0 unspecified atom stereocenters. The third-order valence-electron chi connectivity index (χ3n) is 2.65. The number of carboxylic acids is 1. The van der Waals surface area contributed by atoms with Crippen LogP contribution in [-0.2, 0) is 0 Å². The summed E-state index contributed by atoms with van der Waals surface area (Å²) in [5.74, 6) is -0.672. The zero-order valence-corrected chi connectivity index (χ0v) is 10.6. The predicted molar refractivity (Wildman–Crippen MR) is 68.5 cm³/mol. The first-order chi connectivity index (χ1) is 8.65. The topological polar surface area (TPSA) is 79.1 Å². The molecule has 1 aromatic carbocycles. The summed E-state index contributed by atoms with van der Waals surface area (Å²) >= 11 is 3.43. The van der Waals surface area contributed by atoms with Crippen molar-refractivity contribution >= 4 is 32.8 Å². The van der Waals surface area contributed by atoms with Crippen LogP contribution in [0.2, 0.25) is 0 Å². The number of fused-ring (bicyclic) bond motifs is 1. The SMILES string of the molecule is O=C(O)c1cc(-c2ccc3c(Br)c[nH]c3c2)on1. The monoisotopic (exact) mass is 306 g/mol. The van der Waals surface area contributed by atoms with E-state index in [0.29, 0.717) is 5.76 Å². The molecule has 18 heavy (non-hydrogen) atoms. The minimum Gasteiger partial charge on any atom is -0.476 e. The molecular formula is C12H7BrN2O3. The van der Waals surface area contributed by atoms with Crippen LogP contribution < -0.4 is 0 Å². The molecule has 0 amide bonds.